The second-order valence-corrected chi connectivity index (χ2v) is 4.00. The molecule has 0 aliphatic rings. The summed E-state index contributed by atoms with van der Waals surface area (Å²) in [6, 6.07) is 5.74. The summed E-state index contributed by atoms with van der Waals surface area (Å²) in [7, 11) is 3.61. The lowest BCUT2D eigenvalue weighted by Crippen LogP contribution is -2.09. The Hall–Kier alpha value is -0.870. The van der Waals surface area contributed by atoms with E-state index in [9.17, 15) is 0 Å². The van der Waals surface area contributed by atoms with Crippen molar-refractivity contribution in [2.45, 2.75) is 4.90 Å². The van der Waals surface area contributed by atoms with Crippen molar-refractivity contribution in [1.29, 1.82) is 0 Å². The molecule has 0 heterocycles. The third kappa shape index (κ3) is 3.12. The number of nitrogens with one attached hydrogen (secondary N) is 1. The van der Waals surface area contributed by atoms with Gasteiger partial charge in [-0.1, -0.05) is 0 Å². The molecule has 0 spiro atoms. The van der Waals surface area contributed by atoms with Crippen LogP contribution in [0.3, 0.4) is 0 Å². The first-order valence-corrected chi connectivity index (χ1v) is 5.47. The summed E-state index contributed by atoms with van der Waals surface area (Å²) in [5, 5.41) is 3.10. The number of rotatable bonds is 5. The van der Waals surface area contributed by atoms with Gasteiger partial charge in [0.1, 0.15) is 5.75 Å². The van der Waals surface area contributed by atoms with Crippen molar-refractivity contribution < 1.29 is 4.74 Å². The lowest BCUT2D eigenvalue weighted by molar-refractivity contribution is 0.405. The lowest BCUT2D eigenvalue weighted by Gasteiger charge is -2.08. The number of methoxy groups -OCH3 is 1. The topological polar surface area (TPSA) is 47.3 Å². The van der Waals surface area contributed by atoms with Gasteiger partial charge in [-0.25, -0.2) is 0 Å². The van der Waals surface area contributed by atoms with E-state index in [0.29, 0.717) is 0 Å². The van der Waals surface area contributed by atoms with Crippen LogP contribution >= 0.6 is 11.8 Å². The van der Waals surface area contributed by atoms with E-state index < -0.39 is 0 Å². The molecule has 78 valence electrons. The molecule has 0 bridgehead atoms. The molecule has 0 aromatic heterocycles. The zero-order valence-corrected chi connectivity index (χ0v) is 9.36. The van der Waals surface area contributed by atoms with Gasteiger partial charge < -0.3 is 15.8 Å². The maximum absolute atomic E-state index is 5.66. The Morgan fingerprint density at radius 1 is 1.50 bits per heavy atom. The predicted octanol–water partition coefficient (Wildman–Crippen LogP) is 1.59. The molecule has 0 atom stereocenters. The molecule has 3 N–H and O–H groups in total. The molecule has 1 aromatic carbocycles. The molecule has 1 aromatic rings. The van der Waals surface area contributed by atoms with Crippen LogP contribution in [0.2, 0.25) is 0 Å². The average molecular weight is 212 g/mol. The molecule has 14 heavy (non-hydrogen) atoms. The zero-order valence-electron chi connectivity index (χ0n) is 8.54. The molecule has 1 rings (SSSR count). The fourth-order valence-corrected chi connectivity index (χ4v) is 2.04. The Balaban J connectivity index is 2.65. The molecule has 0 radical (unpaired) electrons. The lowest BCUT2D eigenvalue weighted by atomic mass is 10.3. The molecular formula is C10H16N2OS. The van der Waals surface area contributed by atoms with Crippen LogP contribution in [0.1, 0.15) is 0 Å². The van der Waals surface area contributed by atoms with Crippen LogP contribution in [-0.2, 0) is 0 Å². The molecule has 0 saturated heterocycles. The SMILES string of the molecule is CNCCSc1ccc(N)cc1OC. The van der Waals surface area contributed by atoms with Gasteiger partial charge in [0.15, 0.2) is 0 Å². The fourth-order valence-electron chi connectivity index (χ4n) is 1.07. The number of ether oxygens (including phenoxy) is 1. The summed E-state index contributed by atoms with van der Waals surface area (Å²) >= 11 is 1.76. The summed E-state index contributed by atoms with van der Waals surface area (Å²) < 4.78 is 5.24. The normalized spacial score (nSPS) is 10.1. The summed E-state index contributed by atoms with van der Waals surface area (Å²) in [4.78, 5) is 1.14. The third-order valence-electron chi connectivity index (χ3n) is 1.80. The maximum Gasteiger partial charge on any atom is 0.134 e. The largest absolute Gasteiger partial charge is 0.496 e. The monoisotopic (exact) mass is 212 g/mol. The van der Waals surface area contributed by atoms with E-state index in [1.807, 2.05) is 25.2 Å². The Kier molecular flexibility index (Phi) is 4.62. The van der Waals surface area contributed by atoms with Gasteiger partial charge in [0.2, 0.25) is 0 Å². The Morgan fingerprint density at radius 3 is 2.93 bits per heavy atom. The van der Waals surface area contributed by atoms with Crippen LogP contribution in [0.25, 0.3) is 0 Å². The number of nitrogens with two attached hydrogens (primary N) is 1. The number of benzene rings is 1. The van der Waals surface area contributed by atoms with Crippen LogP contribution in [0.4, 0.5) is 5.69 Å². The first kappa shape index (κ1) is 11.2. The number of thioether (sulfide) groups is 1. The highest BCUT2D eigenvalue weighted by molar-refractivity contribution is 7.99. The summed E-state index contributed by atoms with van der Waals surface area (Å²) in [5.74, 6) is 1.88. The highest BCUT2D eigenvalue weighted by Crippen LogP contribution is 2.30. The second-order valence-electron chi connectivity index (χ2n) is 2.86. The van der Waals surface area contributed by atoms with Gasteiger partial charge in [-0.2, -0.15) is 0 Å². The van der Waals surface area contributed by atoms with E-state index in [2.05, 4.69) is 5.32 Å². The standard InChI is InChI=1S/C10H16N2OS/c1-12-5-6-14-10-4-3-8(11)7-9(10)13-2/h3-4,7,12H,5-6,11H2,1-2H3. The Morgan fingerprint density at radius 2 is 2.29 bits per heavy atom. The summed E-state index contributed by atoms with van der Waals surface area (Å²) in [6.45, 7) is 0.984. The van der Waals surface area contributed by atoms with Gasteiger partial charge in [-0.3, -0.25) is 0 Å². The molecule has 0 aliphatic heterocycles. The van der Waals surface area contributed by atoms with Gasteiger partial charge in [-0.05, 0) is 19.2 Å². The molecule has 3 nitrogen and oxygen atoms in total. The van der Waals surface area contributed by atoms with Crippen molar-refractivity contribution in [3.8, 4) is 5.75 Å². The fraction of sp³-hybridized carbons (Fsp3) is 0.400. The Labute approximate surface area is 89.0 Å². The highest BCUT2D eigenvalue weighted by Gasteiger charge is 2.02. The average Bonchev–Trinajstić information content (AvgIpc) is 2.20. The van der Waals surface area contributed by atoms with E-state index in [-0.39, 0.29) is 0 Å². The van der Waals surface area contributed by atoms with Crippen molar-refractivity contribution in [2.24, 2.45) is 0 Å². The molecular weight excluding hydrogens is 196 g/mol. The number of hydrogen-bond acceptors (Lipinski definition) is 4. The van der Waals surface area contributed by atoms with Gasteiger partial charge >= 0.3 is 0 Å². The number of anilines is 1. The molecule has 0 aliphatic carbocycles. The maximum atomic E-state index is 5.66. The van der Waals surface area contributed by atoms with Gasteiger partial charge in [0.05, 0.1) is 7.11 Å². The Bertz CT molecular complexity index is 291. The highest BCUT2D eigenvalue weighted by atomic mass is 32.2. The van der Waals surface area contributed by atoms with E-state index in [1.165, 1.54) is 0 Å². The molecule has 0 saturated carbocycles. The van der Waals surface area contributed by atoms with Gasteiger partial charge in [-0.15, -0.1) is 11.8 Å². The summed E-state index contributed by atoms with van der Waals surface area (Å²) in [6.07, 6.45) is 0. The van der Waals surface area contributed by atoms with E-state index in [1.54, 1.807) is 18.9 Å². The zero-order chi connectivity index (χ0) is 10.4. The number of hydrogen-bond donors (Lipinski definition) is 2. The van der Waals surface area contributed by atoms with Crippen LogP contribution in [0, 0.1) is 0 Å². The van der Waals surface area contributed by atoms with Crippen molar-refractivity contribution in [3.63, 3.8) is 0 Å². The van der Waals surface area contributed by atoms with E-state index in [4.69, 9.17) is 10.5 Å². The quantitative estimate of drug-likeness (QED) is 0.442. The molecule has 4 heteroatoms. The first-order chi connectivity index (χ1) is 6.77. The smallest absolute Gasteiger partial charge is 0.134 e. The molecule has 0 fully saturated rings. The molecule has 0 amide bonds. The van der Waals surface area contributed by atoms with E-state index >= 15 is 0 Å². The minimum atomic E-state index is 0.736. The van der Waals surface area contributed by atoms with Crippen LogP contribution in [0.5, 0.6) is 5.75 Å². The van der Waals surface area contributed by atoms with Crippen LogP contribution in [-0.4, -0.2) is 26.5 Å². The third-order valence-corrected chi connectivity index (χ3v) is 2.85. The van der Waals surface area contributed by atoms with Crippen LogP contribution in [0.15, 0.2) is 23.1 Å². The van der Waals surface area contributed by atoms with Crippen molar-refractivity contribution >= 4 is 17.4 Å². The second kappa shape index (κ2) is 5.78. The van der Waals surface area contributed by atoms with Crippen molar-refractivity contribution in [3.05, 3.63) is 18.2 Å². The number of nitrogen functional groups attached to an aromatic ring is 1. The van der Waals surface area contributed by atoms with Crippen LogP contribution < -0.4 is 15.8 Å². The van der Waals surface area contributed by atoms with Crippen molar-refractivity contribution in [1.82, 2.24) is 5.32 Å². The summed E-state index contributed by atoms with van der Waals surface area (Å²) in [5.41, 5.74) is 6.39. The van der Waals surface area contributed by atoms with E-state index in [0.717, 1.165) is 28.6 Å². The predicted molar refractivity (Wildman–Crippen MR) is 62.1 cm³/mol. The minimum absolute atomic E-state index is 0.736. The molecule has 0 unspecified atom stereocenters. The van der Waals surface area contributed by atoms with Gasteiger partial charge in [0, 0.05) is 28.9 Å². The minimum Gasteiger partial charge on any atom is -0.496 e. The van der Waals surface area contributed by atoms with Gasteiger partial charge in [0.25, 0.3) is 0 Å². The first-order valence-electron chi connectivity index (χ1n) is 4.49. The van der Waals surface area contributed by atoms with Crippen molar-refractivity contribution in [2.75, 3.05) is 32.2 Å².